The Balaban J connectivity index is 1.26. The number of aliphatic imine (C=N–C) groups is 1. The zero-order valence-electron chi connectivity index (χ0n) is 20.6. The fourth-order valence-electron chi connectivity index (χ4n) is 5.34. The molecule has 0 bridgehead atoms. The fraction of sp³-hybridized carbons (Fsp3) is 0.379. The Morgan fingerprint density at radius 1 is 1.06 bits per heavy atom. The molecule has 0 N–H and O–H groups in total. The average Bonchev–Trinajstić information content (AvgIpc) is 3.58. The van der Waals surface area contributed by atoms with Gasteiger partial charge in [-0.3, -0.25) is 24.5 Å². The lowest BCUT2D eigenvalue weighted by atomic mass is 10.00. The van der Waals surface area contributed by atoms with E-state index in [1.54, 1.807) is 37.2 Å². The van der Waals surface area contributed by atoms with Crippen molar-refractivity contribution >= 4 is 28.4 Å². The third-order valence-corrected chi connectivity index (χ3v) is 7.56. The van der Waals surface area contributed by atoms with Gasteiger partial charge in [-0.05, 0) is 79.8 Å². The van der Waals surface area contributed by atoms with E-state index < -0.39 is 11.4 Å². The van der Waals surface area contributed by atoms with E-state index >= 15 is 4.39 Å². The normalized spacial score (nSPS) is 21.4. The number of halogens is 1. The van der Waals surface area contributed by atoms with Crippen molar-refractivity contribution in [1.82, 2.24) is 14.8 Å². The van der Waals surface area contributed by atoms with Crippen LogP contribution in [0, 0.1) is 17.7 Å². The molecule has 3 aromatic rings. The van der Waals surface area contributed by atoms with Gasteiger partial charge in [-0.25, -0.2) is 4.39 Å². The van der Waals surface area contributed by atoms with Crippen LogP contribution in [-0.2, 0) is 9.59 Å². The molecule has 7 heteroatoms. The molecular formula is C29H29FN4O2. The summed E-state index contributed by atoms with van der Waals surface area (Å²) < 4.78 is 15.5. The van der Waals surface area contributed by atoms with Crippen LogP contribution in [0.1, 0.15) is 38.7 Å². The number of likely N-dealkylation sites (tertiary alicyclic amines) is 1. The molecule has 3 aliphatic rings. The van der Waals surface area contributed by atoms with E-state index in [0.29, 0.717) is 24.5 Å². The van der Waals surface area contributed by atoms with Gasteiger partial charge in [-0.1, -0.05) is 18.2 Å². The average molecular weight is 485 g/mol. The molecule has 3 heterocycles. The molecule has 6 rings (SSSR count). The maximum absolute atomic E-state index is 15.5. The highest BCUT2D eigenvalue weighted by Crippen LogP contribution is 2.34. The number of amides is 2. The molecule has 1 atom stereocenters. The SMILES string of the molecule is CC1(C)N=C(c2ccc(-c3ccc4cnccc4c3)cc2F)N(CC2CCN(C(=O)C3CC3)C2)C1=O. The largest absolute Gasteiger partial charge is 0.342 e. The number of carbonyl (C=O) groups excluding carboxylic acids is 2. The predicted octanol–water partition coefficient (Wildman–Crippen LogP) is 4.67. The molecule has 0 spiro atoms. The quantitative estimate of drug-likeness (QED) is 0.529. The molecule has 1 unspecified atom stereocenters. The highest BCUT2D eigenvalue weighted by molar-refractivity contribution is 6.15. The van der Waals surface area contributed by atoms with Crippen molar-refractivity contribution < 1.29 is 14.0 Å². The topological polar surface area (TPSA) is 65.9 Å². The Morgan fingerprint density at radius 2 is 1.83 bits per heavy atom. The molecule has 1 saturated heterocycles. The summed E-state index contributed by atoms with van der Waals surface area (Å²) in [6, 6.07) is 13.0. The van der Waals surface area contributed by atoms with Crippen molar-refractivity contribution in [3.63, 3.8) is 0 Å². The Kier molecular flexibility index (Phi) is 5.39. The van der Waals surface area contributed by atoms with Crippen molar-refractivity contribution in [3.8, 4) is 11.1 Å². The molecule has 0 radical (unpaired) electrons. The van der Waals surface area contributed by atoms with Crippen LogP contribution < -0.4 is 0 Å². The molecule has 36 heavy (non-hydrogen) atoms. The van der Waals surface area contributed by atoms with Crippen LogP contribution in [0.25, 0.3) is 21.9 Å². The zero-order chi connectivity index (χ0) is 25.0. The number of aromatic nitrogens is 1. The zero-order valence-corrected chi connectivity index (χ0v) is 20.6. The third-order valence-electron chi connectivity index (χ3n) is 7.56. The number of nitrogens with zero attached hydrogens (tertiary/aromatic N) is 4. The minimum atomic E-state index is -0.949. The number of rotatable bonds is 5. The monoisotopic (exact) mass is 484 g/mol. The van der Waals surface area contributed by atoms with Gasteiger partial charge >= 0.3 is 0 Å². The standard InChI is InChI=1S/C29H29FN4O2/c1-29(2)28(36)34(17-18-10-12-33(16-18)27(35)19-3-4-19)26(32-29)24-8-7-21(14-25(24)30)20-5-6-23-15-31-11-9-22(23)13-20/h5-9,11,13-15,18-19H,3-4,10,12,16-17H2,1-2H3. The van der Waals surface area contributed by atoms with Gasteiger partial charge in [0.15, 0.2) is 0 Å². The Labute approximate surface area is 209 Å². The van der Waals surface area contributed by atoms with Gasteiger partial charge in [0.1, 0.15) is 17.2 Å². The van der Waals surface area contributed by atoms with Crippen LogP contribution in [0.5, 0.6) is 0 Å². The molecule has 2 aliphatic heterocycles. The third kappa shape index (κ3) is 4.06. The molecule has 1 saturated carbocycles. The number of fused-ring (bicyclic) bond motifs is 1. The first-order chi connectivity index (χ1) is 17.3. The highest BCUT2D eigenvalue weighted by Gasteiger charge is 2.44. The van der Waals surface area contributed by atoms with E-state index in [-0.39, 0.29) is 23.7 Å². The van der Waals surface area contributed by atoms with Gasteiger partial charge in [0, 0.05) is 43.3 Å². The maximum atomic E-state index is 15.5. The van der Waals surface area contributed by atoms with Crippen LogP contribution in [0.2, 0.25) is 0 Å². The number of hydrogen-bond acceptors (Lipinski definition) is 4. The summed E-state index contributed by atoms with van der Waals surface area (Å²) in [7, 11) is 0. The highest BCUT2D eigenvalue weighted by atomic mass is 19.1. The molecule has 184 valence electrons. The van der Waals surface area contributed by atoms with E-state index in [0.717, 1.165) is 47.7 Å². The van der Waals surface area contributed by atoms with Crippen LogP contribution in [0.15, 0.2) is 59.9 Å². The summed E-state index contributed by atoms with van der Waals surface area (Å²) in [5.74, 6) is 0.437. The first kappa shape index (κ1) is 22.8. The molecule has 1 aromatic heterocycles. The number of hydrogen-bond donors (Lipinski definition) is 0. The summed E-state index contributed by atoms with van der Waals surface area (Å²) >= 11 is 0. The molecular weight excluding hydrogens is 455 g/mol. The fourth-order valence-corrected chi connectivity index (χ4v) is 5.34. The maximum Gasteiger partial charge on any atom is 0.255 e. The van der Waals surface area contributed by atoms with Crippen LogP contribution in [-0.4, -0.2) is 57.6 Å². The second-order valence-corrected chi connectivity index (χ2v) is 10.8. The van der Waals surface area contributed by atoms with E-state index in [2.05, 4.69) is 9.98 Å². The van der Waals surface area contributed by atoms with Gasteiger partial charge in [0.05, 0.1) is 5.56 Å². The second-order valence-electron chi connectivity index (χ2n) is 10.8. The van der Waals surface area contributed by atoms with Gasteiger partial charge in [0.25, 0.3) is 5.91 Å². The minimum absolute atomic E-state index is 0.129. The minimum Gasteiger partial charge on any atom is -0.342 e. The summed E-state index contributed by atoms with van der Waals surface area (Å²) in [6.45, 7) is 5.34. The van der Waals surface area contributed by atoms with Gasteiger partial charge < -0.3 is 4.90 Å². The molecule has 6 nitrogen and oxygen atoms in total. The Bertz CT molecular complexity index is 1410. The lowest BCUT2D eigenvalue weighted by Crippen LogP contribution is -2.43. The van der Waals surface area contributed by atoms with Crippen molar-refractivity contribution in [2.75, 3.05) is 19.6 Å². The molecule has 1 aliphatic carbocycles. The first-order valence-electron chi connectivity index (χ1n) is 12.6. The number of pyridine rings is 1. The summed E-state index contributed by atoms with van der Waals surface area (Å²) in [4.78, 5) is 38.1. The summed E-state index contributed by atoms with van der Waals surface area (Å²) in [6.07, 6.45) is 6.37. The van der Waals surface area contributed by atoms with Gasteiger partial charge in [0.2, 0.25) is 5.91 Å². The summed E-state index contributed by atoms with van der Waals surface area (Å²) in [5, 5.41) is 2.07. The summed E-state index contributed by atoms with van der Waals surface area (Å²) in [5.41, 5.74) is 1.05. The van der Waals surface area contributed by atoms with Crippen molar-refractivity contribution in [2.24, 2.45) is 16.8 Å². The Hall–Kier alpha value is -3.61. The van der Waals surface area contributed by atoms with E-state index in [1.807, 2.05) is 35.2 Å². The number of amidine groups is 1. The van der Waals surface area contributed by atoms with Crippen LogP contribution in [0.3, 0.4) is 0 Å². The van der Waals surface area contributed by atoms with Crippen LogP contribution in [0.4, 0.5) is 4.39 Å². The smallest absolute Gasteiger partial charge is 0.255 e. The molecule has 2 amide bonds. The van der Waals surface area contributed by atoms with Crippen molar-refractivity contribution in [1.29, 1.82) is 0 Å². The molecule has 2 fully saturated rings. The second kappa shape index (κ2) is 8.50. The number of benzene rings is 2. The lowest BCUT2D eigenvalue weighted by Gasteiger charge is -2.25. The van der Waals surface area contributed by atoms with Crippen molar-refractivity contribution in [3.05, 3.63) is 66.2 Å². The van der Waals surface area contributed by atoms with Gasteiger partial charge in [-0.15, -0.1) is 0 Å². The van der Waals surface area contributed by atoms with Crippen LogP contribution >= 0.6 is 0 Å². The van der Waals surface area contributed by atoms with E-state index in [1.165, 1.54) is 6.07 Å². The first-order valence-corrected chi connectivity index (χ1v) is 12.6. The number of carbonyl (C=O) groups is 2. The predicted molar refractivity (Wildman–Crippen MR) is 137 cm³/mol. The van der Waals surface area contributed by atoms with Crippen molar-refractivity contribution in [2.45, 2.75) is 38.6 Å². The van der Waals surface area contributed by atoms with Gasteiger partial charge in [-0.2, -0.15) is 0 Å². The molecule has 2 aromatic carbocycles. The Morgan fingerprint density at radius 3 is 2.61 bits per heavy atom. The lowest BCUT2D eigenvalue weighted by molar-refractivity contribution is -0.131. The van der Waals surface area contributed by atoms with E-state index in [9.17, 15) is 9.59 Å². The van der Waals surface area contributed by atoms with E-state index in [4.69, 9.17) is 0 Å².